The van der Waals surface area contributed by atoms with Crippen LogP contribution in [0.2, 0.25) is 0 Å². The number of nitrogens with one attached hydrogen (secondary N) is 2. The van der Waals surface area contributed by atoms with Gasteiger partial charge < -0.3 is 15.7 Å². The van der Waals surface area contributed by atoms with E-state index in [1.807, 2.05) is 0 Å². The van der Waals surface area contributed by atoms with Crippen LogP contribution >= 0.6 is 15.9 Å². The van der Waals surface area contributed by atoms with Crippen LogP contribution in [0, 0.1) is 5.92 Å². The molecule has 1 aliphatic carbocycles. The van der Waals surface area contributed by atoms with Gasteiger partial charge in [-0.3, -0.25) is 0 Å². The van der Waals surface area contributed by atoms with E-state index in [2.05, 4.69) is 33.5 Å². The molecule has 1 fully saturated rings. The minimum absolute atomic E-state index is 0.0616. The van der Waals surface area contributed by atoms with Crippen molar-refractivity contribution in [1.82, 2.24) is 5.32 Å². The van der Waals surface area contributed by atoms with E-state index in [0.29, 0.717) is 10.4 Å². The molecule has 0 saturated heterocycles. The molecule has 1 aliphatic rings. The van der Waals surface area contributed by atoms with Crippen LogP contribution < -0.4 is 10.6 Å². The number of hydrogen-bond donors (Lipinski definition) is 3. The second kappa shape index (κ2) is 5.61. The van der Waals surface area contributed by atoms with Crippen molar-refractivity contribution >= 4 is 33.6 Å². The molecule has 6 heteroatoms. The summed E-state index contributed by atoms with van der Waals surface area (Å²) in [6.45, 7) is 2.13. The zero-order chi connectivity index (χ0) is 14.0. The number of carbonyl (C=O) groups excluding carboxylic acids is 1. The molecule has 19 heavy (non-hydrogen) atoms. The number of carboxylic acids is 1. The largest absolute Gasteiger partial charge is 0.478 e. The monoisotopic (exact) mass is 326 g/mol. The lowest BCUT2D eigenvalue weighted by molar-refractivity contribution is 0.0698. The fourth-order valence-electron chi connectivity index (χ4n) is 2.18. The highest BCUT2D eigenvalue weighted by atomic mass is 79.9. The van der Waals surface area contributed by atoms with Gasteiger partial charge in [-0.2, -0.15) is 0 Å². The molecule has 1 aromatic carbocycles. The van der Waals surface area contributed by atoms with Crippen LogP contribution in [0.15, 0.2) is 22.7 Å². The average molecular weight is 327 g/mol. The molecule has 0 bridgehead atoms. The maximum Gasteiger partial charge on any atom is 0.337 e. The van der Waals surface area contributed by atoms with Crippen LogP contribution in [-0.2, 0) is 0 Å². The predicted octanol–water partition coefficient (Wildman–Crippen LogP) is 3.07. The van der Waals surface area contributed by atoms with Crippen LogP contribution in [0.4, 0.5) is 10.5 Å². The van der Waals surface area contributed by atoms with E-state index in [1.54, 1.807) is 12.1 Å². The molecule has 2 rings (SSSR count). The lowest BCUT2D eigenvalue weighted by Crippen LogP contribution is -2.45. The van der Waals surface area contributed by atoms with Crippen molar-refractivity contribution < 1.29 is 14.7 Å². The van der Waals surface area contributed by atoms with Crippen LogP contribution in [0.5, 0.6) is 0 Å². The zero-order valence-corrected chi connectivity index (χ0v) is 12.0. The molecule has 0 aliphatic heterocycles. The number of urea groups is 1. The van der Waals surface area contributed by atoms with E-state index >= 15 is 0 Å². The summed E-state index contributed by atoms with van der Waals surface area (Å²) in [5, 5.41) is 14.5. The molecule has 1 aromatic rings. The van der Waals surface area contributed by atoms with Gasteiger partial charge in [-0.1, -0.05) is 13.0 Å². The number of anilines is 1. The van der Waals surface area contributed by atoms with E-state index in [0.717, 1.165) is 12.8 Å². The highest BCUT2D eigenvalue weighted by Gasteiger charge is 2.27. The normalized spacial score (nSPS) is 21.4. The Morgan fingerprint density at radius 2 is 2.05 bits per heavy atom. The Balaban J connectivity index is 2.05. The Morgan fingerprint density at radius 1 is 1.37 bits per heavy atom. The number of para-hydroxylation sites is 1. The second-order valence-electron chi connectivity index (χ2n) is 4.84. The first kappa shape index (κ1) is 13.9. The van der Waals surface area contributed by atoms with Gasteiger partial charge in [0.1, 0.15) is 0 Å². The molecule has 0 aromatic heterocycles. The number of carbonyl (C=O) groups is 2. The van der Waals surface area contributed by atoms with E-state index in [1.165, 1.54) is 6.07 Å². The van der Waals surface area contributed by atoms with Crippen molar-refractivity contribution in [3.05, 3.63) is 28.2 Å². The first-order valence-corrected chi connectivity index (χ1v) is 6.86. The summed E-state index contributed by atoms with van der Waals surface area (Å²) in [5.74, 6) is -0.433. The number of carboxylic acid groups (broad SMARTS) is 1. The molecule has 0 atom stereocenters. The molecule has 102 valence electrons. The van der Waals surface area contributed by atoms with Crippen LogP contribution in [0.25, 0.3) is 0 Å². The standard InChI is InChI=1S/C13H15BrN2O3/c1-7-5-8(6-7)15-13(19)16-11-9(12(17)18)3-2-4-10(11)14/h2-4,7-8H,5-6H2,1H3,(H,17,18)(H2,15,16,19). The third kappa shape index (κ3) is 3.26. The summed E-state index contributed by atoms with van der Waals surface area (Å²) < 4.78 is 0.546. The Hall–Kier alpha value is -1.56. The third-order valence-electron chi connectivity index (χ3n) is 3.19. The van der Waals surface area contributed by atoms with Crippen molar-refractivity contribution in [2.75, 3.05) is 5.32 Å². The first-order chi connectivity index (χ1) is 8.97. The van der Waals surface area contributed by atoms with Crippen LogP contribution in [-0.4, -0.2) is 23.1 Å². The number of hydrogen-bond acceptors (Lipinski definition) is 2. The highest BCUT2D eigenvalue weighted by molar-refractivity contribution is 9.10. The molecule has 5 nitrogen and oxygen atoms in total. The van der Waals surface area contributed by atoms with Gasteiger partial charge in [0, 0.05) is 10.5 Å². The van der Waals surface area contributed by atoms with Gasteiger partial charge in [0.2, 0.25) is 0 Å². The number of benzene rings is 1. The molecule has 0 spiro atoms. The molecular weight excluding hydrogens is 312 g/mol. The number of rotatable bonds is 3. The summed E-state index contributed by atoms with van der Waals surface area (Å²) in [6, 6.07) is 4.57. The molecule has 1 saturated carbocycles. The fraction of sp³-hybridized carbons (Fsp3) is 0.385. The summed E-state index contributed by atoms with van der Waals surface area (Å²) >= 11 is 3.24. The molecule has 3 N–H and O–H groups in total. The van der Waals surface area contributed by atoms with Gasteiger partial charge in [0.25, 0.3) is 0 Å². The topological polar surface area (TPSA) is 78.4 Å². The predicted molar refractivity (Wildman–Crippen MR) is 75.4 cm³/mol. The molecular formula is C13H15BrN2O3. The first-order valence-electron chi connectivity index (χ1n) is 6.06. The van der Waals surface area contributed by atoms with Gasteiger partial charge in [0.15, 0.2) is 0 Å². The van der Waals surface area contributed by atoms with Crippen molar-refractivity contribution in [1.29, 1.82) is 0 Å². The number of halogens is 1. The van der Waals surface area contributed by atoms with Crippen molar-refractivity contribution in [3.63, 3.8) is 0 Å². The molecule has 0 heterocycles. The van der Waals surface area contributed by atoms with Crippen molar-refractivity contribution in [2.45, 2.75) is 25.8 Å². The summed E-state index contributed by atoms with van der Waals surface area (Å²) in [4.78, 5) is 22.9. The van der Waals surface area contributed by atoms with Crippen LogP contribution in [0.1, 0.15) is 30.1 Å². The van der Waals surface area contributed by atoms with E-state index < -0.39 is 5.97 Å². The summed E-state index contributed by atoms with van der Waals surface area (Å²) in [5.41, 5.74) is 0.339. The van der Waals surface area contributed by atoms with E-state index in [-0.39, 0.29) is 23.3 Å². The van der Waals surface area contributed by atoms with Gasteiger partial charge in [-0.05, 0) is 46.8 Å². The maximum absolute atomic E-state index is 11.8. The Bertz CT molecular complexity index is 513. The Morgan fingerprint density at radius 3 is 2.63 bits per heavy atom. The van der Waals surface area contributed by atoms with Crippen molar-refractivity contribution in [2.24, 2.45) is 5.92 Å². The summed E-state index contributed by atoms with van der Waals surface area (Å²) in [7, 11) is 0. The average Bonchev–Trinajstić information content (AvgIpc) is 2.29. The highest BCUT2D eigenvalue weighted by Crippen LogP contribution is 2.28. The minimum Gasteiger partial charge on any atom is -0.478 e. The molecule has 0 radical (unpaired) electrons. The fourth-order valence-corrected chi connectivity index (χ4v) is 2.65. The van der Waals surface area contributed by atoms with Gasteiger partial charge in [-0.25, -0.2) is 9.59 Å². The second-order valence-corrected chi connectivity index (χ2v) is 5.69. The minimum atomic E-state index is -1.08. The molecule has 2 amide bonds. The third-order valence-corrected chi connectivity index (χ3v) is 3.85. The van der Waals surface area contributed by atoms with Gasteiger partial charge in [-0.15, -0.1) is 0 Å². The SMILES string of the molecule is CC1CC(NC(=O)Nc2c(Br)cccc2C(=O)O)C1. The molecule has 0 unspecified atom stereocenters. The zero-order valence-electron chi connectivity index (χ0n) is 10.4. The summed E-state index contributed by atoms with van der Waals surface area (Å²) in [6.07, 6.45) is 1.93. The van der Waals surface area contributed by atoms with Gasteiger partial charge >= 0.3 is 12.0 Å². The Kier molecular flexibility index (Phi) is 4.09. The number of aromatic carboxylic acids is 1. The lowest BCUT2D eigenvalue weighted by Gasteiger charge is -2.33. The van der Waals surface area contributed by atoms with Crippen LogP contribution in [0.3, 0.4) is 0 Å². The smallest absolute Gasteiger partial charge is 0.337 e. The number of amides is 2. The van der Waals surface area contributed by atoms with Crippen molar-refractivity contribution in [3.8, 4) is 0 Å². The lowest BCUT2D eigenvalue weighted by atomic mass is 9.82. The Labute approximate surface area is 119 Å². The van der Waals surface area contributed by atoms with E-state index in [4.69, 9.17) is 5.11 Å². The van der Waals surface area contributed by atoms with E-state index in [9.17, 15) is 9.59 Å². The van der Waals surface area contributed by atoms with Gasteiger partial charge in [0.05, 0.1) is 11.3 Å². The quantitative estimate of drug-likeness (QED) is 0.798. The maximum atomic E-state index is 11.8.